The molecule has 0 aliphatic carbocycles. The number of nitrogens with one attached hydrogen (secondary N) is 1. The van der Waals surface area contributed by atoms with Crippen molar-refractivity contribution in [2.45, 2.75) is 47.0 Å². The summed E-state index contributed by atoms with van der Waals surface area (Å²) in [5.74, 6) is 2.27. The number of methoxy groups -OCH3 is 1. The molecule has 0 aliphatic heterocycles. The van der Waals surface area contributed by atoms with Crippen LogP contribution in [0.1, 0.15) is 49.8 Å². The summed E-state index contributed by atoms with van der Waals surface area (Å²) in [5, 5.41) is 3.51. The standard InChI is InChI=1S/C17H29NO/c1-12(2)11-18-8-7-14(4)17-15(5)9-13(3)10-16(17)19-6/h9-10,12,14,18H,7-8,11H2,1-6H3. The van der Waals surface area contributed by atoms with Crippen LogP contribution in [0.5, 0.6) is 5.75 Å². The fraction of sp³-hybridized carbons (Fsp3) is 0.647. The van der Waals surface area contributed by atoms with E-state index < -0.39 is 0 Å². The number of hydrogen-bond donors (Lipinski definition) is 1. The zero-order valence-corrected chi connectivity index (χ0v) is 13.3. The van der Waals surface area contributed by atoms with Crippen LogP contribution in [-0.2, 0) is 0 Å². The molecule has 0 saturated heterocycles. The van der Waals surface area contributed by atoms with E-state index in [1.165, 1.54) is 16.7 Å². The normalized spacial score (nSPS) is 12.8. The van der Waals surface area contributed by atoms with Crippen LogP contribution in [0.15, 0.2) is 12.1 Å². The topological polar surface area (TPSA) is 21.3 Å². The minimum Gasteiger partial charge on any atom is -0.496 e. The van der Waals surface area contributed by atoms with Crippen LogP contribution < -0.4 is 10.1 Å². The molecule has 2 nitrogen and oxygen atoms in total. The molecule has 0 spiro atoms. The Morgan fingerprint density at radius 3 is 2.42 bits per heavy atom. The molecular weight excluding hydrogens is 234 g/mol. The van der Waals surface area contributed by atoms with Gasteiger partial charge in [-0.2, -0.15) is 0 Å². The summed E-state index contributed by atoms with van der Waals surface area (Å²) >= 11 is 0. The van der Waals surface area contributed by atoms with Crippen LogP contribution in [0.4, 0.5) is 0 Å². The van der Waals surface area contributed by atoms with Gasteiger partial charge in [-0.25, -0.2) is 0 Å². The SMILES string of the molecule is COc1cc(C)cc(C)c1C(C)CCNCC(C)C. The van der Waals surface area contributed by atoms with E-state index in [2.05, 4.69) is 52.1 Å². The van der Waals surface area contributed by atoms with Gasteiger partial charge in [-0.15, -0.1) is 0 Å². The third-order valence-corrected chi connectivity index (χ3v) is 3.51. The summed E-state index contributed by atoms with van der Waals surface area (Å²) in [6, 6.07) is 4.39. The lowest BCUT2D eigenvalue weighted by atomic mass is 9.91. The van der Waals surface area contributed by atoms with Crippen molar-refractivity contribution < 1.29 is 4.74 Å². The summed E-state index contributed by atoms with van der Waals surface area (Å²) in [6.07, 6.45) is 1.15. The maximum absolute atomic E-state index is 5.55. The largest absolute Gasteiger partial charge is 0.496 e. The quantitative estimate of drug-likeness (QED) is 0.749. The first-order valence-corrected chi connectivity index (χ1v) is 7.31. The van der Waals surface area contributed by atoms with E-state index in [-0.39, 0.29) is 0 Å². The second-order valence-electron chi connectivity index (χ2n) is 5.99. The third kappa shape index (κ3) is 4.87. The highest BCUT2D eigenvalue weighted by molar-refractivity contribution is 5.45. The molecule has 0 heterocycles. The van der Waals surface area contributed by atoms with Crippen molar-refractivity contribution in [1.82, 2.24) is 5.32 Å². The predicted molar refractivity (Wildman–Crippen MR) is 83.2 cm³/mol. The highest BCUT2D eigenvalue weighted by Gasteiger charge is 2.14. The molecule has 1 unspecified atom stereocenters. The van der Waals surface area contributed by atoms with Crippen molar-refractivity contribution in [3.8, 4) is 5.75 Å². The minimum atomic E-state index is 0.523. The summed E-state index contributed by atoms with van der Waals surface area (Å²) in [5.41, 5.74) is 3.97. The molecule has 108 valence electrons. The number of ether oxygens (including phenoxy) is 1. The van der Waals surface area contributed by atoms with Crippen molar-refractivity contribution >= 4 is 0 Å². The monoisotopic (exact) mass is 263 g/mol. The summed E-state index contributed by atoms with van der Waals surface area (Å²) < 4.78 is 5.55. The van der Waals surface area contributed by atoms with Gasteiger partial charge in [0.1, 0.15) is 5.75 Å². The van der Waals surface area contributed by atoms with Gasteiger partial charge in [-0.05, 0) is 68.0 Å². The lowest BCUT2D eigenvalue weighted by Gasteiger charge is -2.19. The Morgan fingerprint density at radius 2 is 1.84 bits per heavy atom. The Morgan fingerprint density at radius 1 is 1.16 bits per heavy atom. The first-order valence-electron chi connectivity index (χ1n) is 7.31. The van der Waals surface area contributed by atoms with Crippen LogP contribution in [0, 0.1) is 19.8 Å². The molecular formula is C17H29NO. The van der Waals surface area contributed by atoms with Gasteiger partial charge in [0.05, 0.1) is 7.11 Å². The average Bonchev–Trinajstić information content (AvgIpc) is 2.33. The van der Waals surface area contributed by atoms with Crippen LogP contribution in [-0.4, -0.2) is 20.2 Å². The van der Waals surface area contributed by atoms with E-state index in [9.17, 15) is 0 Å². The Hall–Kier alpha value is -1.02. The van der Waals surface area contributed by atoms with E-state index in [4.69, 9.17) is 4.74 Å². The van der Waals surface area contributed by atoms with E-state index in [1.54, 1.807) is 7.11 Å². The summed E-state index contributed by atoms with van der Waals surface area (Å²) in [4.78, 5) is 0. The first-order chi connectivity index (χ1) is 8.95. The lowest BCUT2D eigenvalue weighted by Crippen LogP contribution is -2.22. The molecule has 0 amide bonds. The third-order valence-electron chi connectivity index (χ3n) is 3.51. The maximum Gasteiger partial charge on any atom is 0.122 e. The first kappa shape index (κ1) is 16.0. The maximum atomic E-state index is 5.55. The van der Waals surface area contributed by atoms with Gasteiger partial charge < -0.3 is 10.1 Å². The van der Waals surface area contributed by atoms with Gasteiger partial charge in [0.25, 0.3) is 0 Å². The molecule has 0 aliphatic rings. The average molecular weight is 263 g/mol. The molecule has 1 N–H and O–H groups in total. The Balaban J connectivity index is 2.68. The number of aryl methyl sites for hydroxylation is 2. The van der Waals surface area contributed by atoms with Gasteiger partial charge >= 0.3 is 0 Å². The molecule has 1 rings (SSSR count). The summed E-state index contributed by atoms with van der Waals surface area (Å²) in [7, 11) is 1.77. The molecule has 0 aromatic heterocycles. The molecule has 0 bridgehead atoms. The predicted octanol–water partition coefficient (Wildman–Crippen LogP) is 4.05. The molecule has 1 aromatic rings. The molecule has 0 saturated carbocycles. The fourth-order valence-electron chi connectivity index (χ4n) is 2.59. The second-order valence-corrected chi connectivity index (χ2v) is 5.99. The highest BCUT2D eigenvalue weighted by atomic mass is 16.5. The molecule has 2 heteroatoms. The van der Waals surface area contributed by atoms with Gasteiger partial charge in [-0.3, -0.25) is 0 Å². The van der Waals surface area contributed by atoms with Crippen LogP contribution in [0.3, 0.4) is 0 Å². The smallest absolute Gasteiger partial charge is 0.122 e. The lowest BCUT2D eigenvalue weighted by molar-refractivity contribution is 0.403. The van der Waals surface area contributed by atoms with Crippen LogP contribution in [0.25, 0.3) is 0 Å². The second kappa shape index (κ2) is 7.54. The molecule has 1 aromatic carbocycles. The number of hydrogen-bond acceptors (Lipinski definition) is 2. The molecule has 19 heavy (non-hydrogen) atoms. The van der Waals surface area contributed by atoms with Crippen molar-refractivity contribution in [2.75, 3.05) is 20.2 Å². The van der Waals surface area contributed by atoms with E-state index in [0.717, 1.165) is 25.3 Å². The fourth-order valence-corrected chi connectivity index (χ4v) is 2.59. The Kier molecular flexibility index (Phi) is 6.36. The highest BCUT2D eigenvalue weighted by Crippen LogP contribution is 2.32. The van der Waals surface area contributed by atoms with E-state index in [1.807, 2.05) is 0 Å². The Labute approximate surface area is 118 Å². The minimum absolute atomic E-state index is 0.523. The zero-order chi connectivity index (χ0) is 14.4. The van der Waals surface area contributed by atoms with Gasteiger partial charge in [0.15, 0.2) is 0 Å². The number of benzene rings is 1. The van der Waals surface area contributed by atoms with E-state index in [0.29, 0.717) is 11.8 Å². The molecule has 0 radical (unpaired) electrons. The van der Waals surface area contributed by atoms with Gasteiger partial charge in [0, 0.05) is 0 Å². The molecule has 1 atom stereocenters. The van der Waals surface area contributed by atoms with Crippen molar-refractivity contribution in [3.05, 3.63) is 28.8 Å². The number of rotatable bonds is 7. The van der Waals surface area contributed by atoms with Crippen molar-refractivity contribution in [3.63, 3.8) is 0 Å². The van der Waals surface area contributed by atoms with E-state index >= 15 is 0 Å². The molecule has 0 fully saturated rings. The van der Waals surface area contributed by atoms with Gasteiger partial charge in [0.2, 0.25) is 0 Å². The van der Waals surface area contributed by atoms with Gasteiger partial charge in [-0.1, -0.05) is 26.8 Å². The van der Waals surface area contributed by atoms with Crippen molar-refractivity contribution in [1.29, 1.82) is 0 Å². The zero-order valence-electron chi connectivity index (χ0n) is 13.3. The van der Waals surface area contributed by atoms with Crippen LogP contribution >= 0.6 is 0 Å². The Bertz CT molecular complexity index is 398. The van der Waals surface area contributed by atoms with Crippen molar-refractivity contribution in [2.24, 2.45) is 5.92 Å². The van der Waals surface area contributed by atoms with Crippen LogP contribution in [0.2, 0.25) is 0 Å². The summed E-state index contributed by atoms with van der Waals surface area (Å²) in [6.45, 7) is 13.2.